The van der Waals surface area contributed by atoms with Crippen molar-refractivity contribution in [3.8, 4) is 0 Å². The van der Waals surface area contributed by atoms with E-state index in [-0.39, 0.29) is 36.2 Å². The van der Waals surface area contributed by atoms with E-state index in [2.05, 4.69) is 50.3 Å². The SMILES string of the molecule is CCCCCC/C=C/C=C/CCCCCCCCCCCCC(=O)OCC(COCCC(C(=O)O)[N+](C)(C)C)OC(=O)CCCCCCCCC/C=C/CCCCCCCCCCCCC. The minimum absolute atomic E-state index is 0.0522. The smallest absolute Gasteiger partial charge is 0.362 e. The van der Waals surface area contributed by atoms with Gasteiger partial charge in [0.25, 0.3) is 0 Å². The molecule has 0 aromatic heterocycles. The minimum atomic E-state index is -0.873. The highest BCUT2D eigenvalue weighted by molar-refractivity contribution is 5.72. The van der Waals surface area contributed by atoms with Crippen LogP contribution in [0.25, 0.3) is 0 Å². The molecule has 386 valence electrons. The van der Waals surface area contributed by atoms with Gasteiger partial charge < -0.3 is 23.8 Å². The molecule has 0 rings (SSSR count). The number of hydrogen-bond donors (Lipinski definition) is 1. The Morgan fingerprint density at radius 1 is 0.455 bits per heavy atom. The van der Waals surface area contributed by atoms with Gasteiger partial charge in [0, 0.05) is 19.3 Å². The van der Waals surface area contributed by atoms with E-state index in [1.54, 1.807) is 0 Å². The number of quaternary nitrogens is 1. The summed E-state index contributed by atoms with van der Waals surface area (Å²) in [5.41, 5.74) is 0. The number of likely N-dealkylation sites (N-methyl/N-ethyl adjacent to an activating group) is 1. The van der Waals surface area contributed by atoms with Gasteiger partial charge in [0.05, 0.1) is 34.4 Å². The molecule has 0 fully saturated rings. The quantitative estimate of drug-likeness (QED) is 0.0213. The predicted octanol–water partition coefficient (Wildman–Crippen LogP) is 16.5. The van der Waals surface area contributed by atoms with E-state index in [0.717, 1.165) is 38.5 Å². The third-order valence-corrected chi connectivity index (χ3v) is 12.8. The van der Waals surface area contributed by atoms with Crippen molar-refractivity contribution in [1.82, 2.24) is 0 Å². The summed E-state index contributed by atoms with van der Waals surface area (Å²) in [4.78, 5) is 37.2. The average molecular weight is 932 g/mol. The highest BCUT2D eigenvalue weighted by atomic mass is 16.6. The van der Waals surface area contributed by atoms with Gasteiger partial charge in [-0.25, -0.2) is 4.79 Å². The molecule has 8 heteroatoms. The Morgan fingerprint density at radius 3 is 1.20 bits per heavy atom. The third-order valence-electron chi connectivity index (χ3n) is 12.8. The second-order valence-electron chi connectivity index (χ2n) is 20.2. The van der Waals surface area contributed by atoms with Gasteiger partial charge in [0.1, 0.15) is 6.61 Å². The van der Waals surface area contributed by atoms with Gasteiger partial charge in [-0.05, 0) is 64.2 Å². The summed E-state index contributed by atoms with van der Waals surface area (Å²) in [6.07, 6.45) is 59.1. The molecule has 8 nitrogen and oxygen atoms in total. The molecule has 0 heterocycles. The van der Waals surface area contributed by atoms with Crippen molar-refractivity contribution in [1.29, 1.82) is 0 Å². The summed E-state index contributed by atoms with van der Waals surface area (Å²) < 4.78 is 17.4. The van der Waals surface area contributed by atoms with Crippen LogP contribution in [-0.4, -0.2) is 80.6 Å². The molecule has 0 aliphatic rings. The topological polar surface area (TPSA) is 99.1 Å². The number of esters is 2. The molecule has 0 aromatic carbocycles. The van der Waals surface area contributed by atoms with Crippen molar-refractivity contribution in [2.75, 3.05) is 41.0 Å². The van der Waals surface area contributed by atoms with Crippen molar-refractivity contribution in [3.63, 3.8) is 0 Å². The van der Waals surface area contributed by atoms with Crippen LogP contribution in [0.3, 0.4) is 0 Å². The van der Waals surface area contributed by atoms with Crippen LogP contribution in [0.5, 0.6) is 0 Å². The van der Waals surface area contributed by atoms with Crippen molar-refractivity contribution >= 4 is 17.9 Å². The molecule has 2 unspecified atom stereocenters. The standard InChI is InChI=1S/C58H107NO7/c1-6-8-10-12-14-16-18-20-22-24-26-28-29-31-33-35-37-39-41-43-45-47-49-57(61)66-54(52-64-51-50-55(58(62)63)59(3,4)5)53-65-56(60)48-46-44-42-40-38-36-34-32-30-27-25-23-21-19-17-15-13-11-9-7-2/h17,19,21,23,29,31,54-55H,6-16,18,20,22,24-28,30,32-53H2,1-5H3/p+1/b19-17+,23-21+,31-29+. The minimum Gasteiger partial charge on any atom is -0.477 e. The Hall–Kier alpha value is -2.45. The summed E-state index contributed by atoms with van der Waals surface area (Å²) in [6.45, 7) is 4.75. The molecule has 0 spiro atoms. The van der Waals surface area contributed by atoms with Gasteiger partial charge in [-0.3, -0.25) is 9.59 Å². The highest BCUT2D eigenvalue weighted by Gasteiger charge is 2.31. The summed E-state index contributed by atoms with van der Waals surface area (Å²) in [7, 11) is 5.54. The van der Waals surface area contributed by atoms with E-state index >= 15 is 0 Å². The van der Waals surface area contributed by atoms with Crippen LogP contribution in [0.2, 0.25) is 0 Å². The lowest BCUT2D eigenvalue weighted by Gasteiger charge is -2.31. The van der Waals surface area contributed by atoms with Crippen molar-refractivity contribution in [2.24, 2.45) is 0 Å². The molecule has 66 heavy (non-hydrogen) atoms. The number of nitrogens with zero attached hydrogens (tertiary/aromatic N) is 1. The second kappa shape index (κ2) is 49.0. The Balaban J connectivity index is 4.19. The second-order valence-corrected chi connectivity index (χ2v) is 20.2. The van der Waals surface area contributed by atoms with Crippen LogP contribution in [-0.2, 0) is 28.6 Å². The zero-order chi connectivity index (χ0) is 48.4. The first-order valence-corrected chi connectivity index (χ1v) is 28.0. The van der Waals surface area contributed by atoms with Crippen LogP contribution < -0.4 is 0 Å². The maximum absolute atomic E-state index is 12.8. The number of carboxylic acid groups (broad SMARTS) is 1. The molecule has 0 aromatic rings. The largest absolute Gasteiger partial charge is 0.477 e. The van der Waals surface area contributed by atoms with Gasteiger partial charge in [-0.15, -0.1) is 0 Å². The molecule has 0 saturated carbocycles. The molecule has 1 N–H and O–H groups in total. The lowest BCUT2D eigenvalue weighted by molar-refractivity contribution is -0.887. The lowest BCUT2D eigenvalue weighted by Crippen LogP contribution is -2.50. The van der Waals surface area contributed by atoms with Crippen molar-refractivity contribution < 1.29 is 38.2 Å². The number of carbonyl (C=O) groups excluding carboxylic acids is 2. The van der Waals surface area contributed by atoms with E-state index in [1.165, 1.54) is 193 Å². The van der Waals surface area contributed by atoms with Gasteiger partial charge in [-0.1, -0.05) is 217 Å². The maximum Gasteiger partial charge on any atom is 0.362 e. The van der Waals surface area contributed by atoms with E-state index in [0.29, 0.717) is 19.3 Å². The fraction of sp³-hybridized carbons (Fsp3) is 0.845. The molecule has 0 aliphatic carbocycles. The van der Waals surface area contributed by atoms with E-state index in [9.17, 15) is 19.5 Å². The summed E-state index contributed by atoms with van der Waals surface area (Å²) in [5.74, 6) is -1.46. The normalized spacial score (nSPS) is 13.0. The summed E-state index contributed by atoms with van der Waals surface area (Å²) in [5, 5.41) is 9.67. The molecule has 0 saturated heterocycles. The summed E-state index contributed by atoms with van der Waals surface area (Å²) in [6, 6.07) is -0.616. The first-order valence-electron chi connectivity index (χ1n) is 28.0. The molecule has 0 radical (unpaired) electrons. The number of allylic oxidation sites excluding steroid dienone is 6. The number of carbonyl (C=O) groups is 3. The van der Waals surface area contributed by atoms with Crippen LogP contribution in [0.4, 0.5) is 0 Å². The summed E-state index contributed by atoms with van der Waals surface area (Å²) >= 11 is 0. The number of carboxylic acids is 1. The highest BCUT2D eigenvalue weighted by Crippen LogP contribution is 2.16. The predicted molar refractivity (Wildman–Crippen MR) is 280 cm³/mol. The van der Waals surface area contributed by atoms with Crippen LogP contribution >= 0.6 is 0 Å². The first kappa shape index (κ1) is 63.5. The van der Waals surface area contributed by atoms with E-state index in [4.69, 9.17) is 14.2 Å². The van der Waals surface area contributed by atoms with Crippen LogP contribution in [0, 0.1) is 0 Å². The molecular weight excluding hydrogens is 823 g/mol. The molecule has 0 amide bonds. The van der Waals surface area contributed by atoms with E-state index < -0.39 is 18.1 Å². The monoisotopic (exact) mass is 931 g/mol. The third kappa shape index (κ3) is 46.7. The van der Waals surface area contributed by atoms with Crippen molar-refractivity contribution in [3.05, 3.63) is 36.5 Å². The Labute approximate surface area is 408 Å². The maximum atomic E-state index is 12.8. The molecular formula is C58H108NO7+. The fourth-order valence-electron chi connectivity index (χ4n) is 8.43. The fourth-order valence-corrected chi connectivity index (χ4v) is 8.43. The Bertz CT molecular complexity index is 1170. The number of hydrogen-bond acceptors (Lipinski definition) is 6. The molecule has 2 atom stereocenters. The lowest BCUT2D eigenvalue weighted by atomic mass is 10.0. The van der Waals surface area contributed by atoms with E-state index in [1.807, 2.05) is 21.1 Å². The zero-order valence-electron chi connectivity index (χ0n) is 44.2. The van der Waals surface area contributed by atoms with Gasteiger partial charge >= 0.3 is 17.9 Å². The number of aliphatic carboxylic acids is 1. The average Bonchev–Trinajstić information content (AvgIpc) is 3.28. The number of unbranched alkanes of at least 4 members (excludes halogenated alkanes) is 32. The van der Waals surface area contributed by atoms with Crippen LogP contribution in [0.1, 0.15) is 264 Å². The van der Waals surface area contributed by atoms with Gasteiger partial charge in [-0.2, -0.15) is 0 Å². The number of ether oxygens (including phenoxy) is 3. The van der Waals surface area contributed by atoms with Gasteiger partial charge in [0.15, 0.2) is 12.1 Å². The van der Waals surface area contributed by atoms with Crippen molar-refractivity contribution in [2.45, 2.75) is 276 Å². The zero-order valence-corrected chi connectivity index (χ0v) is 44.2. The van der Waals surface area contributed by atoms with Gasteiger partial charge in [0.2, 0.25) is 0 Å². The number of rotatable bonds is 51. The molecule has 0 aliphatic heterocycles. The van der Waals surface area contributed by atoms with Crippen LogP contribution in [0.15, 0.2) is 36.5 Å². The molecule has 0 bridgehead atoms. The first-order chi connectivity index (χ1) is 32.1. The Kier molecular flexibility index (Phi) is 47.2. The Morgan fingerprint density at radius 2 is 0.803 bits per heavy atom.